The number of allylic oxidation sites excluding steroid dienone is 2. The zero-order valence-electron chi connectivity index (χ0n) is 20.7. The van der Waals surface area contributed by atoms with Crippen LogP contribution in [0.1, 0.15) is 40.0 Å². The molecule has 1 unspecified atom stereocenters. The van der Waals surface area contributed by atoms with E-state index in [-0.39, 0.29) is 25.7 Å². The predicted molar refractivity (Wildman–Crippen MR) is 125 cm³/mol. The molecule has 9 nitrogen and oxygen atoms in total. The van der Waals surface area contributed by atoms with Crippen LogP contribution in [0.5, 0.6) is 0 Å². The van der Waals surface area contributed by atoms with E-state index in [1.54, 1.807) is 6.92 Å². The molecule has 0 amide bonds. The Balaban J connectivity index is 1.55. The summed E-state index contributed by atoms with van der Waals surface area (Å²) in [4.78, 5) is 37.4. The van der Waals surface area contributed by atoms with Gasteiger partial charge in [-0.1, -0.05) is 30.7 Å². The number of aliphatic hydroxyl groups is 1. The first-order valence-electron chi connectivity index (χ1n) is 12.3. The number of rotatable bonds is 0. The van der Waals surface area contributed by atoms with Crippen molar-refractivity contribution in [2.45, 2.75) is 70.1 Å². The van der Waals surface area contributed by atoms with Gasteiger partial charge in [0.2, 0.25) is 0 Å². The topological polar surface area (TPSA) is 121 Å². The molecule has 2 spiro atoms. The van der Waals surface area contributed by atoms with Gasteiger partial charge in [-0.25, -0.2) is 14.4 Å². The predicted octanol–water partition coefficient (Wildman–Crippen LogP) is 2.09. The third-order valence-electron chi connectivity index (χ3n) is 8.73. The summed E-state index contributed by atoms with van der Waals surface area (Å²) in [7, 11) is 0. The molecule has 3 fully saturated rings. The van der Waals surface area contributed by atoms with Crippen LogP contribution in [0.25, 0.3) is 0 Å². The molecule has 3 heterocycles. The minimum atomic E-state index is -0.887. The largest absolute Gasteiger partial charge is 0.462 e. The van der Waals surface area contributed by atoms with Crippen molar-refractivity contribution in [3.05, 3.63) is 47.6 Å². The van der Waals surface area contributed by atoms with Crippen LogP contribution in [0.3, 0.4) is 0 Å². The standard InChI is InChI=1S/C27H32O9/c1-16-8-9-32-22(29)6-4-5-7-23(30)36-19-12-21-27(15-34-27)25(19,3)26(14-33-24(31)10-16)13-18(28)17(2)11-20(26)35-21/h4-7,10-11,18-21,28H,8-9,12-15H2,1-3H3/b6-4+,7-5-,16-10+/t18-,19+,20+,21+,25+,26+,27?/m0/s1. The van der Waals surface area contributed by atoms with E-state index in [0.29, 0.717) is 25.0 Å². The molecule has 0 radical (unpaired) electrons. The fraction of sp³-hybridized carbons (Fsp3) is 0.593. The second-order valence-corrected chi connectivity index (χ2v) is 10.6. The Hall–Kier alpha value is -2.75. The van der Waals surface area contributed by atoms with Crippen LogP contribution in [-0.4, -0.2) is 72.9 Å². The summed E-state index contributed by atoms with van der Waals surface area (Å²) in [5.41, 5.74) is -0.880. The first-order chi connectivity index (χ1) is 17.1. The summed E-state index contributed by atoms with van der Waals surface area (Å²) in [5.74, 6) is -1.67. The van der Waals surface area contributed by atoms with Crippen molar-refractivity contribution in [3.63, 3.8) is 0 Å². The summed E-state index contributed by atoms with van der Waals surface area (Å²) < 4.78 is 29.5. The number of carbonyl (C=O) groups is 3. The van der Waals surface area contributed by atoms with Crippen molar-refractivity contribution >= 4 is 17.9 Å². The Kier molecular flexibility index (Phi) is 6.21. The number of hydrogen-bond acceptors (Lipinski definition) is 9. The Morgan fingerprint density at radius 2 is 1.69 bits per heavy atom. The van der Waals surface area contributed by atoms with Crippen LogP contribution >= 0.6 is 0 Å². The van der Waals surface area contributed by atoms with Crippen LogP contribution in [0.4, 0.5) is 0 Å². The molecule has 194 valence electrons. The molecule has 5 rings (SSSR count). The lowest BCUT2D eigenvalue weighted by Gasteiger charge is -2.58. The number of epoxide rings is 1. The quantitative estimate of drug-likeness (QED) is 0.231. The maximum Gasteiger partial charge on any atom is 0.331 e. The van der Waals surface area contributed by atoms with Gasteiger partial charge >= 0.3 is 17.9 Å². The molecule has 7 atom stereocenters. The lowest BCUT2D eigenvalue weighted by Crippen LogP contribution is -2.68. The summed E-state index contributed by atoms with van der Waals surface area (Å²) in [6.45, 7) is 6.10. The first kappa shape index (κ1) is 24.9. The minimum absolute atomic E-state index is 0.0446. The number of esters is 3. The van der Waals surface area contributed by atoms with Gasteiger partial charge in [-0.2, -0.15) is 0 Å². The molecule has 1 saturated carbocycles. The number of ether oxygens (including phenoxy) is 5. The first-order valence-corrected chi connectivity index (χ1v) is 12.3. The molecule has 2 aliphatic carbocycles. The average Bonchev–Trinajstić information content (AvgIpc) is 3.59. The van der Waals surface area contributed by atoms with Gasteiger partial charge < -0.3 is 28.8 Å². The molecule has 5 aliphatic rings. The van der Waals surface area contributed by atoms with Gasteiger partial charge in [-0.05, 0) is 25.8 Å². The maximum atomic E-state index is 12.8. The van der Waals surface area contributed by atoms with Crippen molar-refractivity contribution in [2.75, 3.05) is 19.8 Å². The van der Waals surface area contributed by atoms with Crippen LogP contribution in [0.15, 0.2) is 47.6 Å². The summed E-state index contributed by atoms with van der Waals surface area (Å²) >= 11 is 0. The highest BCUT2D eigenvalue weighted by molar-refractivity contribution is 5.85. The zero-order valence-corrected chi connectivity index (χ0v) is 20.7. The Morgan fingerprint density at radius 3 is 2.42 bits per heavy atom. The van der Waals surface area contributed by atoms with Crippen molar-refractivity contribution < 1.29 is 43.2 Å². The lowest BCUT2D eigenvalue weighted by molar-refractivity contribution is -0.238. The monoisotopic (exact) mass is 500 g/mol. The van der Waals surface area contributed by atoms with Gasteiger partial charge in [-0.3, -0.25) is 0 Å². The highest BCUT2D eigenvalue weighted by atomic mass is 16.6. The van der Waals surface area contributed by atoms with Crippen LogP contribution in [0, 0.1) is 10.8 Å². The summed E-state index contributed by atoms with van der Waals surface area (Å²) in [6, 6.07) is 0. The Bertz CT molecular complexity index is 1080. The second kappa shape index (κ2) is 8.97. The molecule has 2 bridgehead atoms. The van der Waals surface area contributed by atoms with Gasteiger partial charge in [0.05, 0.1) is 36.9 Å². The average molecular weight is 501 g/mol. The normalized spacial score (nSPS) is 46.1. The van der Waals surface area contributed by atoms with Gasteiger partial charge in [0.1, 0.15) is 18.3 Å². The van der Waals surface area contributed by atoms with E-state index >= 15 is 0 Å². The molecule has 9 heteroatoms. The fourth-order valence-electron chi connectivity index (χ4n) is 6.46. The summed E-state index contributed by atoms with van der Waals surface area (Å²) in [5, 5.41) is 10.9. The van der Waals surface area contributed by atoms with E-state index < -0.39 is 52.7 Å². The highest BCUT2D eigenvalue weighted by Gasteiger charge is 2.83. The van der Waals surface area contributed by atoms with E-state index in [2.05, 4.69) is 0 Å². The number of carbonyl (C=O) groups excluding carboxylic acids is 3. The van der Waals surface area contributed by atoms with E-state index in [1.807, 2.05) is 19.9 Å². The molecule has 0 aromatic heterocycles. The highest BCUT2D eigenvalue weighted by Crippen LogP contribution is 2.72. The second-order valence-electron chi connectivity index (χ2n) is 10.6. The van der Waals surface area contributed by atoms with E-state index in [9.17, 15) is 19.5 Å². The SMILES string of the molecule is CC1=C[C@H]2O[C@@H]3C[C@H]4OC(=O)/C=C\C=C\C(=O)OCC/C(C)=C/C(=O)OC[C@@]2(C[C@@H]1O)[C@]4(C)C31CO1. The third-order valence-corrected chi connectivity index (χ3v) is 8.73. The van der Waals surface area contributed by atoms with Crippen molar-refractivity contribution in [2.24, 2.45) is 10.8 Å². The molecule has 0 aromatic carbocycles. The van der Waals surface area contributed by atoms with E-state index in [4.69, 9.17) is 23.7 Å². The minimum Gasteiger partial charge on any atom is -0.462 e. The number of aliphatic hydroxyl groups excluding tert-OH is 1. The number of hydrogen-bond donors (Lipinski definition) is 1. The molecular formula is C27H32O9. The third kappa shape index (κ3) is 3.84. The van der Waals surface area contributed by atoms with Gasteiger partial charge in [0.15, 0.2) is 0 Å². The van der Waals surface area contributed by atoms with Gasteiger partial charge in [0, 0.05) is 36.5 Å². The van der Waals surface area contributed by atoms with Crippen molar-refractivity contribution in [3.8, 4) is 0 Å². The van der Waals surface area contributed by atoms with E-state index in [0.717, 1.165) is 5.57 Å². The van der Waals surface area contributed by atoms with Crippen molar-refractivity contribution in [1.82, 2.24) is 0 Å². The number of cyclic esters (lactones) is 2. The Labute approximate surface area is 209 Å². The molecular weight excluding hydrogens is 468 g/mol. The summed E-state index contributed by atoms with van der Waals surface area (Å²) in [6.07, 6.45) is 7.53. The van der Waals surface area contributed by atoms with E-state index in [1.165, 1.54) is 30.4 Å². The molecule has 3 aliphatic heterocycles. The maximum absolute atomic E-state index is 12.8. The molecule has 36 heavy (non-hydrogen) atoms. The fourth-order valence-corrected chi connectivity index (χ4v) is 6.46. The lowest BCUT2D eigenvalue weighted by atomic mass is 9.51. The van der Waals surface area contributed by atoms with Crippen LogP contribution in [0.2, 0.25) is 0 Å². The van der Waals surface area contributed by atoms with Gasteiger partial charge in [0.25, 0.3) is 0 Å². The molecule has 2 saturated heterocycles. The smallest absolute Gasteiger partial charge is 0.331 e. The molecule has 1 N–H and O–H groups in total. The Morgan fingerprint density at radius 1 is 0.972 bits per heavy atom. The zero-order chi connectivity index (χ0) is 25.7. The van der Waals surface area contributed by atoms with Gasteiger partial charge in [-0.15, -0.1) is 0 Å². The molecule has 0 aromatic rings. The van der Waals surface area contributed by atoms with Crippen LogP contribution < -0.4 is 0 Å². The van der Waals surface area contributed by atoms with Crippen LogP contribution in [-0.2, 0) is 38.1 Å². The van der Waals surface area contributed by atoms with Crippen molar-refractivity contribution in [1.29, 1.82) is 0 Å².